The van der Waals surface area contributed by atoms with Gasteiger partial charge in [0.25, 0.3) is 0 Å². The van der Waals surface area contributed by atoms with Crippen molar-refractivity contribution in [3.05, 3.63) is 0 Å². The molecule has 7 rings (SSSR count). The third-order valence-corrected chi connectivity index (χ3v) is 12.6. The van der Waals surface area contributed by atoms with Gasteiger partial charge in [-0.15, -0.1) is 0 Å². The molecule has 1 saturated heterocycles. The summed E-state index contributed by atoms with van der Waals surface area (Å²) < 4.78 is 55.4. The van der Waals surface area contributed by atoms with Gasteiger partial charge in [-0.1, -0.05) is 34.6 Å². The average Bonchev–Trinajstić information content (AvgIpc) is 3.20. The van der Waals surface area contributed by atoms with Crippen LogP contribution in [0.25, 0.3) is 0 Å². The number of alkyl halides is 3. The molecule has 7 fully saturated rings. The molecule has 36 heavy (non-hydrogen) atoms. The molecule has 6 aliphatic carbocycles. The predicted molar refractivity (Wildman–Crippen MR) is 119 cm³/mol. The summed E-state index contributed by atoms with van der Waals surface area (Å²) in [6.45, 7) is 11.7. The Morgan fingerprint density at radius 2 is 1.81 bits per heavy atom. The zero-order chi connectivity index (χ0) is 26.5. The minimum Gasteiger partial charge on any atom is -0.458 e. The summed E-state index contributed by atoms with van der Waals surface area (Å²) in [5.41, 5.74) is -1.27. The molecular weight excluding hydrogens is 477 g/mol. The molecule has 3 spiro atoms. The Hall–Kier alpha value is -1.80. The first-order chi connectivity index (χ1) is 16.5. The zero-order valence-electron chi connectivity index (χ0n) is 21.7. The van der Waals surface area contributed by atoms with Gasteiger partial charge in [-0.3, -0.25) is 14.4 Å². The fraction of sp³-hybridized carbons (Fsp3) is 0.889. The van der Waals surface area contributed by atoms with Crippen molar-refractivity contribution in [2.45, 2.75) is 105 Å². The van der Waals surface area contributed by atoms with Crippen LogP contribution in [0, 0.1) is 44.3 Å². The molecule has 200 valence electrons. The van der Waals surface area contributed by atoms with E-state index in [4.69, 9.17) is 14.2 Å². The second kappa shape index (κ2) is 6.42. The molecule has 0 amide bonds. The van der Waals surface area contributed by atoms with E-state index in [1.807, 2.05) is 0 Å². The van der Waals surface area contributed by atoms with E-state index >= 15 is 0 Å². The molecule has 0 radical (unpaired) electrons. The number of hydrogen-bond donors (Lipinski definition) is 0. The van der Waals surface area contributed by atoms with Crippen molar-refractivity contribution in [1.82, 2.24) is 0 Å². The molecule has 0 aromatic heterocycles. The van der Waals surface area contributed by atoms with Gasteiger partial charge in [0.15, 0.2) is 11.5 Å². The summed E-state index contributed by atoms with van der Waals surface area (Å²) in [5.74, 6) is -3.25. The van der Waals surface area contributed by atoms with E-state index < -0.39 is 47.8 Å². The molecule has 9 atom stereocenters. The van der Waals surface area contributed by atoms with Crippen LogP contribution in [0.3, 0.4) is 0 Å². The number of halogens is 3. The number of carbonyl (C=O) groups excluding carboxylic acids is 3. The zero-order valence-corrected chi connectivity index (χ0v) is 21.7. The molecule has 9 unspecified atom stereocenters. The van der Waals surface area contributed by atoms with Crippen LogP contribution in [0.5, 0.6) is 0 Å². The van der Waals surface area contributed by atoms with Crippen molar-refractivity contribution in [1.29, 1.82) is 0 Å². The molecule has 9 heteroatoms. The van der Waals surface area contributed by atoms with Crippen LogP contribution in [0.2, 0.25) is 0 Å². The van der Waals surface area contributed by atoms with Crippen molar-refractivity contribution < 1.29 is 41.8 Å². The van der Waals surface area contributed by atoms with Gasteiger partial charge >= 0.3 is 24.1 Å². The van der Waals surface area contributed by atoms with Crippen LogP contribution >= 0.6 is 0 Å². The molecular formula is C27H35F3O6. The molecule has 7 aliphatic rings. The first-order valence-electron chi connectivity index (χ1n) is 13.2. The number of hydrogen-bond acceptors (Lipinski definition) is 6. The van der Waals surface area contributed by atoms with Gasteiger partial charge < -0.3 is 14.2 Å². The number of ether oxygens (including phenoxy) is 3. The summed E-state index contributed by atoms with van der Waals surface area (Å²) in [5, 5.41) is 0. The topological polar surface area (TPSA) is 78.9 Å². The Kier molecular flexibility index (Phi) is 4.38. The number of rotatable bonds is 5. The third kappa shape index (κ3) is 2.17. The Morgan fingerprint density at radius 3 is 2.36 bits per heavy atom. The number of carbonyl (C=O) groups is 3. The van der Waals surface area contributed by atoms with Crippen LogP contribution < -0.4 is 0 Å². The van der Waals surface area contributed by atoms with Crippen LogP contribution in [0.1, 0.15) is 80.1 Å². The van der Waals surface area contributed by atoms with Crippen molar-refractivity contribution >= 4 is 17.9 Å². The van der Waals surface area contributed by atoms with Crippen LogP contribution in [-0.4, -0.2) is 42.4 Å². The van der Waals surface area contributed by atoms with E-state index in [-0.39, 0.29) is 51.8 Å². The summed E-state index contributed by atoms with van der Waals surface area (Å²) in [6, 6.07) is 0. The Balaban J connectivity index is 1.20. The molecule has 6 saturated carbocycles. The monoisotopic (exact) mass is 512 g/mol. The van der Waals surface area contributed by atoms with E-state index in [0.29, 0.717) is 6.42 Å². The first kappa shape index (κ1) is 24.5. The maximum Gasteiger partial charge on any atom is 0.425 e. The highest BCUT2D eigenvalue weighted by Gasteiger charge is 3.05. The van der Waals surface area contributed by atoms with Crippen molar-refractivity contribution in [3.63, 3.8) is 0 Å². The van der Waals surface area contributed by atoms with E-state index in [1.165, 1.54) is 6.42 Å². The van der Waals surface area contributed by atoms with Gasteiger partial charge in [0, 0.05) is 5.92 Å². The second-order valence-corrected chi connectivity index (χ2v) is 13.5. The molecule has 6 nitrogen and oxygen atoms in total. The van der Waals surface area contributed by atoms with Crippen LogP contribution in [0.15, 0.2) is 0 Å². The molecule has 0 N–H and O–H groups in total. The highest BCUT2D eigenvalue weighted by molar-refractivity contribution is 6.02. The highest BCUT2D eigenvalue weighted by Crippen LogP contribution is 3.09. The van der Waals surface area contributed by atoms with E-state index in [9.17, 15) is 27.6 Å². The van der Waals surface area contributed by atoms with E-state index in [1.54, 1.807) is 6.92 Å². The lowest BCUT2D eigenvalue weighted by molar-refractivity contribution is -0.224. The lowest BCUT2D eigenvalue weighted by atomic mass is 9.41. The second-order valence-electron chi connectivity index (χ2n) is 13.5. The average molecular weight is 513 g/mol. The summed E-state index contributed by atoms with van der Waals surface area (Å²) >= 11 is 0. The lowest BCUT2D eigenvalue weighted by Crippen LogP contribution is -2.57. The Labute approximate surface area is 209 Å². The van der Waals surface area contributed by atoms with Gasteiger partial charge in [0.1, 0.15) is 12.2 Å². The summed E-state index contributed by atoms with van der Waals surface area (Å²) in [6.07, 6.45) is -5.21. The summed E-state index contributed by atoms with van der Waals surface area (Å²) in [4.78, 5) is 39.5. The number of esters is 3. The molecule has 1 heterocycles. The molecule has 0 aromatic carbocycles. The maximum atomic E-state index is 13.6. The third-order valence-electron chi connectivity index (χ3n) is 12.6. The van der Waals surface area contributed by atoms with Crippen LogP contribution in [0.4, 0.5) is 13.2 Å². The molecule has 1 aliphatic heterocycles. The Bertz CT molecular complexity index is 1080. The summed E-state index contributed by atoms with van der Waals surface area (Å²) in [7, 11) is 0. The fourth-order valence-corrected chi connectivity index (χ4v) is 10.9. The van der Waals surface area contributed by atoms with Crippen LogP contribution in [-0.2, 0) is 28.6 Å². The minimum atomic E-state index is -4.73. The smallest absolute Gasteiger partial charge is 0.425 e. The van der Waals surface area contributed by atoms with Crippen molar-refractivity contribution in [2.75, 3.05) is 0 Å². The molecule has 5 bridgehead atoms. The highest BCUT2D eigenvalue weighted by atomic mass is 19.4. The van der Waals surface area contributed by atoms with Crippen molar-refractivity contribution in [2.24, 2.45) is 44.3 Å². The van der Waals surface area contributed by atoms with Gasteiger partial charge in [-0.05, 0) is 72.5 Å². The minimum absolute atomic E-state index is 0.0534. The lowest BCUT2D eigenvalue weighted by Gasteiger charge is -2.62. The predicted octanol–water partition coefficient (Wildman–Crippen LogP) is 4.98. The van der Waals surface area contributed by atoms with Gasteiger partial charge in [0.2, 0.25) is 0 Å². The van der Waals surface area contributed by atoms with Gasteiger partial charge in [-0.25, -0.2) is 0 Å². The van der Waals surface area contributed by atoms with E-state index in [2.05, 4.69) is 27.7 Å². The number of fused-ring (bicyclic) bond motifs is 2. The largest absolute Gasteiger partial charge is 0.458 e. The first-order valence-corrected chi connectivity index (χ1v) is 13.2. The van der Waals surface area contributed by atoms with E-state index in [0.717, 1.165) is 19.8 Å². The van der Waals surface area contributed by atoms with Crippen molar-refractivity contribution in [3.8, 4) is 0 Å². The van der Waals surface area contributed by atoms with Gasteiger partial charge in [-0.2, -0.15) is 13.2 Å². The van der Waals surface area contributed by atoms with Gasteiger partial charge in [0.05, 0.1) is 5.92 Å². The quantitative estimate of drug-likeness (QED) is 0.294. The Morgan fingerprint density at radius 1 is 1.14 bits per heavy atom. The normalized spacial score (nSPS) is 49.0. The standard InChI is InChI=1S/C27H35F3O6/c1-7-14-17-16(8-9-24(14,20(33)36-17)19(32)34-13(2)27(28,29)30)35-18(31)15-10-23-11-25(15)22(5,6)26(25,12-23)21(23,3)4/h13-17H,7-12H2,1-6H3. The maximum absolute atomic E-state index is 13.6. The SMILES string of the molecule is CCC1C2OC(=O)C1(C(=O)OC(C)C(F)(F)F)CCC2OC(=O)C1CC23CC14C(C)(C)C4(C2)C3(C)C. The fourth-order valence-electron chi connectivity index (χ4n) is 10.9. The molecule has 0 aromatic rings.